The van der Waals surface area contributed by atoms with Crippen molar-refractivity contribution in [2.75, 3.05) is 0 Å². The van der Waals surface area contributed by atoms with Gasteiger partial charge in [0.05, 0.1) is 0 Å². The van der Waals surface area contributed by atoms with Crippen LogP contribution in [0.3, 0.4) is 0 Å². The van der Waals surface area contributed by atoms with E-state index in [4.69, 9.17) is 0 Å². The minimum Gasteiger partial charge on any atom is -0.269 e. The van der Waals surface area contributed by atoms with Crippen molar-refractivity contribution in [1.29, 1.82) is 0 Å². The lowest BCUT2D eigenvalue weighted by Crippen LogP contribution is -1.88. The molecule has 0 aliphatic heterocycles. The molecule has 0 radical (unpaired) electrons. The van der Waals surface area contributed by atoms with Crippen LogP contribution in [0.15, 0.2) is 47.6 Å². The Balaban J connectivity index is 3.03. The van der Waals surface area contributed by atoms with Crippen molar-refractivity contribution in [1.82, 2.24) is 0 Å². The predicted molar refractivity (Wildman–Crippen MR) is 77.5 cm³/mol. The standard InChI is InChI=1S/C16H21N/c1-5-7-16(12-17-6-2)15-10-8-14(9-11-15)13(3)4/h5-13H,1-4H3/b7-5-,16-12+,17-6?. The van der Waals surface area contributed by atoms with Crippen LogP contribution in [0.1, 0.15) is 44.7 Å². The van der Waals surface area contributed by atoms with E-state index in [1.807, 2.05) is 26.1 Å². The van der Waals surface area contributed by atoms with Crippen molar-refractivity contribution < 1.29 is 0 Å². The van der Waals surface area contributed by atoms with Crippen LogP contribution in [-0.4, -0.2) is 6.21 Å². The average Bonchev–Trinajstić information content (AvgIpc) is 2.34. The van der Waals surface area contributed by atoms with Gasteiger partial charge in [-0.05, 0) is 36.5 Å². The van der Waals surface area contributed by atoms with Gasteiger partial charge in [0.15, 0.2) is 0 Å². The third kappa shape index (κ3) is 4.03. The van der Waals surface area contributed by atoms with E-state index in [9.17, 15) is 0 Å². The monoisotopic (exact) mass is 227 g/mol. The van der Waals surface area contributed by atoms with Gasteiger partial charge in [0.2, 0.25) is 0 Å². The molecule has 0 amide bonds. The molecule has 0 aromatic heterocycles. The zero-order chi connectivity index (χ0) is 12.7. The minimum absolute atomic E-state index is 0.576. The molecule has 0 N–H and O–H groups in total. The molecule has 17 heavy (non-hydrogen) atoms. The molecule has 0 fully saturated rings. The fraction of sp³-hybridized carbons (Fsp3) is 0.312. The topological polar surface area (TPSA) is 12.4 Å². The molecule has 0 aliphatic rings. The highest BCUT2D eigenvalue weighted by Crippen LogP contribution is 2.20. The normalized spacial score (nSPS) is 13.1. The molecule has 0 unspecified atom stereocenters. The number of allylic oxidation sites excluding steroid dienone is 3. The van der Waals surface area contributed by atoms with Crippen molar-refractivity contribution >= 4 is 11.8 Å². The molecule has 0 bridgehead atoms. The summed E-state index contributed by atoms with van der Waals surface area (Å²) in [4.78, 5) is 4.19. The number of aliphatic imine (C=N–C) groups is 1. The van der Waals surface area contributed by atoms with Crippen molar-refractivity contribution in [3.8, 4) is 0 Å². The lowest BCUT2D eigenvalue weighted by Gasteiger charge is -2.07. The SMILES string of the molecule is CC=N/C=C(\C=C/C)c1ccc(C(C)C)cc1. The Hall–Kier alpha value is -1.63. The number of nitrogens with zero attached hydrogens (tertiary/aromatic N) is 1. The summed E-state index contributed by atoms with van der Waals surface area (Å²) < 4.78 is 0. The zero-order valence-corrected chi connectivity index (χ0v) is 11.1. The van der Waals surface area contributed by atoms with Gasteiger partial charge in [0.1, 0.15) is 0 Å². The summed E-state index contributed by atoms with van der Waals surface area (Å²) >= 11 is 0. The van der Waals surface area contributed by atoms with E-state index in [0.29, 0.717) is 5.92 Å². The maximum Gasteiger partial charge on any atom is 0.0342 e. The van der Waals surface area contributed by atoms with E-state index < -0.39 is 0 Å². The smallest absolute Gasteiger partial charge is 0.0342 e. The first kappa shape index (κ1) is 13.4. The number of rotatable bonds is 4. The molecule has 1 nitrogen and oxygen atoms in total. The summed E-state index contributed by atoms with van der Waals surface area (Å²) in [6.07, 6.45) is 7.81. The molecular formula is C16H21N. The van der Waals surface area contributed by atoms with E-state index in [2.05, 4.69) is 49.2 Å². The molecular weight excluding hydrogens is 206 g/mol. The van der Waals surface area contributed by atoms with E-state index in [1.54, 1.807) is 6.21 Å². The largest absolute Gasteiger partial charge is 0.269 e. The van der Waals surface area contributed by atoms with Gasteiger partial charge < -0.3 is 0 Å². The first-order valence-corrected chi connectivity index (χ1v) is 6.10. The van der Waals surface area contributed by atoms with E-state index in [-0.39, 0.29) is 0 Å². The second kappa shape index (κ2) is 6.85. The van der Waals surface area contributed by atoms with Crippen molar-refractivity contribution in [3.05, 3.63) is 53.7 Å². The Morgan fingerprint density at radius 2 is 1.76 bits per heavy atom. The highest BCUT2D eigenvalue weighted by atomic mass is 14.7. The molecule has 1 aromatic rings. The van der Waals surface area contributed by atoms with Crippen LogP contribution in [0, 0.1) is 0 Å². The number of hydrogen-bond acceptors (Lipinski definition) is 1. The van der Waals surface area contributed by atoms with Crippen LogP contribution in [0.4, 0.5) is 0 Å². The maximum atomic E-state index is 4.19. The molecule has 0 spiro atoms. The van der Waals surface area contributed by atoms with Gasteiger partial charge in [-0.2, -0.15) is 0 Å². The number of benzene rings is 1. The Morgan fingerprint density at radius 1 is 1.12 bits per heavy atom. The Bertz CT molecular complexity index is 419. The van der Waals surface area contributed by atoms with Crippen LogP contribution < -0.4 is 0 Å². The highest BCUT2D eigenvalue weighted by Gasteiger charge is 2.00. The van der Waals surface area contributed by atoms with Gasteiger partial charge in [-0.1, -0.05) is 50.3 Å². The van der Waals surface area contributed by atoms with Gasteiger partial charge in [0, 0.05) is 12.4 Å². The van der Waals surface area contributed by atoms with Gasteiger partial charge in [0.25, 0.3) is 0 Å². The molecule has 0 heterocycles. The summed E-state index contributed by atoms with van der Waals surface area (Å²) in [6.45, 7) is 8.36. The maximum absolute atomic E-state index is 4.19. The lowest BCUT2D eigenvalue weighted by atomic mass is 9.99. The molecule has 1 heteroatoms. The van der Waals surface area contributed by atoms with Gasteiger partial charge in [-0.15, -0.1) is 0 Å². The molecule has 0 saturated carbocycles. The predicted octanol–water partition coefficient (Wildman–Crippen LogP) is 4.82. The summed E-state index contributed by atoms with van der Waals surface area (Å²) in [5, 5.41) is 0. The Kier molecular flexibility index (Phi) is 5.41. The first-order chi connectivity index (χ1) is 8.19. The van der Waals surface area contributed by atoms with Crippen molar-refractivity contribution in [2.45, 2.75) is 33.6 Å². The highest BCUT2D eigenvalue weighted by molar-refractivity contribution is 5.75. The second-order valence-electron chi connectivity index (χ2n) is 4.27. The van der Waals surface area contributed by atoms with E-state index in [0.717, 1.165) is 5.57 Å². The molecule has 0 saturated heterocycles. The molecule has 90 valence electrons. The zero-order valence-electron chi connectivity index (χ0n) is 11.1. The quantitative estimate of drug-likeness (QED) is 0.516. The molecule has 0 aliphatic carbocycles. The van der Waals surface area contributed by atoms with Gasteiger partial charge in [-0.25, -0.2) is 0 Å². The molecule has 0 atom stereocenters. The third-order valence-electron chi connectivity index (χ3n) is 2.62. The van der Waals surface area contributed by atoms with Crippen LogP contribution in [0.25, 0.3) is 5.57 Å². The fourth-order valence-electron chi connectivity index (χ4n) is 1.61. The van der Waals surface area contributed by atoms with Crippen LogP contribution >= 0.6 is 0 Å². The number of hydrogen-bond donors (Lipinski definition) is 0. The summed E-state index contributed by atoms with van der Waals surface area (Å²) in [5.74, 6) is 0.576. The molecule has 1 aromatic carbocycles. The van der Waals surface area contributed by atoms with Crippen molar-refractivity contribution in [2.24, 2.45) is 4.99 Å². The van der Waals surface area contributed by atoms with E-state index in [1.165, 1.54) is 11.1 Å². The van der Waals surface area contributed by atoms with Crippen LogP contribution in [0.5, 0.6) is 0 Å². The average molecular weight is 227 g/mol. The third-order valence-corrected chi connectivity index (χ3v) is 2.62. The Labute approximate surface area is 105 Å². The summed E-state index contributed by atoms with van der Waals surface area (Å²) in [5.41, 5.74) is 3.71. The van der Waals surface area contributed by atoms with Crippen LogP contribution in [0.2, 0.25) is 0 Å². The summed E-state index contributed by atoms with van der Waals surface area (Å²) in [6, 6.07) is 8.69. The Morgan fingerprint density at radius 3 is 2.24 bits per heavy atom. The lowest BCUT2D eigenvalue weighted by molar-refractivity contribution is 0.866. The second-order valence-corrected chi connectivity index (χ2v) is 4.27. The van der Waals surface area contributed by atoms with Gasteiger partial charge in [-0.3, -0.25) is 4.99 Å². The van der Waals surface area contributed by atoms with E-state index >= 15 is 0 Å². The summed E-state index contributed by atoms with van der Waals surface area (Å²) in [7, 11) is 0. The van der Waals surface area contributed by atoms with Crippen LogP contribution in [-0.2, 0) is 0 Å². The molecule has 1 rings (SSSR count). The minimum atomic E-state index is 0.576. The van der Waals surface area contributed by atoms with Gasteiger partial charge >= 0.3 is 0 Å². The fourth-order valence-corrected chi connectivity index (χ4v) is 1.61. The first-order valence-electron chi connectivity index (χ1n) is 6.10. The van der Waals surface area contributed by atoms with Crippen molar-refractivity contribution in [3.63, 3.8) is 0 Å².